The molecule has 2 aromatic rings. The summed E-state index contributed by atoms with van der Waals surface area (Å²) in [5, 5.41) is 0. The van der Waals surface area contributed by atoms with Gasteiger partial charge in [0.05, 0.1) is 6.42 Å². The molecule has 1 aliphatic carbocycles. The van der Waals surface area contributed by atoms with Crippen molar-refractivity contribution >= 4 is 5.91 Å². The molecule has 0 spiro atoms. The molecule has 17 heavy (non-hydrogen) atoms. The van der Waals surface area contributed by atoms with Crippen molar-refractivity contribution in [1.29, 1.82) is 0 Å². The highest BCUT2D eigenvalue weighted by molar-refractivity contribution is 5.82. The first-order valence-corrected chi connectivity index (χ1v) is 5.73. The van der Waals surface area contributed by atoms with Crippen LogP contribution in [0.4, 0.5) is 0 Å². The van der Waals surface area contributed by atoms with Gasteiger partial charge in [0.2, 0.25) is 5.91 Å². The van der Waals surface area contributed by atoms with Gasteiger partial charge in [-0.25, -0.2) is 0 Å². The number of carbonyl (C=O) groups is 1. The monoisotopic (exact) mass is 223 g/mol. The number of nitrogens with two attached hydrogens (primary N) is 1. The minimum Gasteiger partial charge on any atom is -0.369 e. The molecule has 1 aliphatic rings. The first-order chi connectivity index (χ1) is 8.25. The zero-order chi connectivity index (χ0) is 11.8. The normalized spacial score (nSPS) is 12.0. The maximum Gasteiger partial charge on any atom is 0.221 e. The van der Waals surface area contributed by atoms with Gasteiger partial charge in [0.1, 0.15) is 0 Å². The van der Waals surface area contributed by atoms with Crippen LogP contribution >= 0.6 is 0 Å². The molecule has 3 rings (SSSR count). The summed E-state index contributed by atoms with van der Waals surface area (Å²) >= 11 is 0. The Morgan fingerprint density at radius 2 is 1.82 bits per heavy atom. The Labute approximate surface area is 100 Å². The lowest BCUT2D eigenvalue weighted by molar-refractivity contribution is -0.117. The van der Waals surface area contributed by atoms with Crippen LogP contribution < -0.4 is 5.73 Å². The molecule has 0 heterocycles. The smallest absolute Gasteiger partial charge is 0.221 e. The molecule has 0 aliphatic heterocycles. The zero-order valence-electron chi connectivity index (χ0n) is 9.44. The molecule has 0 saturated heterocycles. The quantitative estimate of drug-likeness (QED) is 0.711. The third-order valence-corrected chi connectivity index (χ3v) is 3.31. The largest absolute Gasteiger partial charge is 0.369 e. The summed E-state index contributed by atoms with van der Waals surface area (Å²) in [5.74, 6) is -0.269. The van der Waals surface area contributed by atoms with Crippen LogP contribution in [0.3, 0.4) is 0 Å². The van der Waals surface area contributed by atoms with Crippen molar-refractivity contribution in [3.05, 3.63) is 59.2 Å². The van der Waals surface area contributed by atoms with Gasteiger partial charge in [0.25, 0.3) is 0 Å². The van der Waals surface area contributed by atoms with Gasteiger partial charge in [-0.3, -0.25) is 4.79 Å². The molecule has 2 heteroatoms. The molecule has 0 aromatic heterocycles. The first-order valence-electron chi connectivity index (χ1n) is 5.73. The van der Waals surface area contributed by atoms with Gasteiger partial charge in [-0.2, -0.15) is 0 Å². The minimum atomic E-state index is -0.269. The lowest BCUT2D eigenvalue weighted by atomic mass is 9.99. The van der Waals surface area contributed by atoms with Crippen LogP contribution in [-0.2, 0) is 17.6 Å². The number of benzene rings is 2. The number of amides is 1. The van der Waals surface area contributed by atoms with Crippen LogP contribution in [0.2, 0.25) is 0 Å². The number of hydrogen-bond donors (Lipinski definition) is 1. The Hall–Kier alpha value is -2.09. The van der Waals surface area contributed by atoms with E-state index in [1.165, 1.54) is 22.3 Å². The fraction of sp³-hybridized carbons (Fsp3) is 0.133. The van der Waals surface area contributed by atoms with Crippen molar-refractivity contribution in [2.24, 2.45) is 5.73 Å². The van der Waals surface area contributed by atoms with E-state index in [9.17, 15) is 4.79 Å². The predicted octanol–water partition coefficient (Wildman–Crippen LogP) is 2.29. The number of hydrogen-bond acceptors (Lipinski definition) is 1. The number of rotatable bonds is 2. The second kappa shape index (κ2) is 3.74. The third kappa shape index (κ3) is 1.62. The number of fused-ring (bicyclic) bond motifs is 3. The fourth-order valence-corrected chi connectivity index (χ4v) is 2.58. The Morgan fingerprint density at radius 1 is 1.06 bits per heavy atom. The highest BCUT2D eigenvalue weighted by atomic mass is 16.1. The average Bonchev–Trinajstić information content (AvgIpc) is 2.68. The van der Waals surface area contributed by atoms with E-state index in [1.54, 1.807) is 0 Å². The van der Waals surface area contributed by atoms with Gasteiger partial charge < -0.3 is 5.73 Å². The van der Waals surface area contributed by atoms with Gasteiger partial charge in [-0.15, -0.1) is 0 Å². The molecule has 0 saturated carbocycles. The molecule has 0 atom stereocenters. The molecule has 0 unspecified atom stereocenters. The van der Waals surface area contributed by atoms with Crippen LogP contribution in [-0.4, -0.2) is 5.91 Å². The standard InChI is InChI=1S/C15H13NO/c16-15(17)9-11-5-3-7-13-12-6-2-1-4-10(12)8-14(11)13/h1-7H,8-9H2,(H2,16,17). The highest BCUT2D eigenvalue weighted by Crippen LogP contribution is 2.37. The van der Waals surface area contributed by atoms with Gasteiger partial charge in [0.15, 0.2) is 0 Å². The summed E-state index contributed by atoms with van der Waals surface area (Å²) in [6.45, 7) is 0. The van der Waals surface area contributed by atoms with Crippen LogP contribution in [0.5, 0.6) is 0 Å². The lowest BCUT2D eigenvalue weighted by Crippen LogP contribution is -2.14. The SMILES string of the molecule is NC(=O)Cc1cccc2c1Cc1ccccc1-2. The van der Waals surface area contributed by atoms with Gasteiger partial charge in [-0.05, 0) is 34.2 Å². The summed E-state index contributed by atoms with van der Waals surface area (Å²) in [5.41, 5.74) is 11.5. The van der Waals surface area contributed by atoms with Crippen LogP contribution in [0.1, 0.15) is 16.7 Å². The lowest BCUT2D eigenvalue weighted by Gasteiger charge is -2.06. The van der Waals surface area contributed by atoms with Crippen molar-refractivity contribution in [2.75, 3.05) is 0 Å². The molecule has 0 radical (unpaired) electrons. The second-order valence-corrected chi connectivity index (χ2v) is 4.42. The number of carbonyl (C=O) groups excluding carboxylic acids is 1. The van der Waals surface area contributed by atoms with E-state index >= 15 is 0 Å². The first kappa shape index (κ1) is 10.1. The summed E-state index contributed by atoms with van der Waals surface area (Å²) in [7, 11) is 0. The van der Waals surface area contributed by atoms with Crippen molar-refractivity contribution in [3.8, 4) is 11.1 Å². The Bertz CT molecular complexity index is 602. The molecule has 1 amide bonds. The minimum absolute atomic E-state index is 0.269. The van der Waals surface area contributed by atoms with Gasteiger partial charge >= 0.3 is 0 Å². The fourth-order valence-electron chi connectivity index (χ4n) is 2.58. The van der Waals surface area contributed by atoms with Gasteiger partial charge in [0, 0.05) is 0 Å². The summed E-state index contributed by atoms with van der Waals surface area (Å²) in [4.78, 5) is 11.1. The van der Waals surface area contributed by atoms with Gasteiger partial charge in [-0.1, -0.05) is 42.5 Å². The van der Waals surface area contributed by atoms with E-state index in [0.717, 1.165) is 12.0 Å². The van der Waals surface area contributed by atoms with Crippen molar-refractivity contribution in [2.45, 2.75) is 12.8 Å². The van der Waals surface area contributed by atoms with Crippen LogP contribution in [0.25, 0.3) is 11.1 Å². The topological polar surface area (TPSA) is 43.1 Å². The van der Waals surface area contributed by atoms with E-state index in [1.807, 2.05) is 12.1 Å². The van der Waals surface area contributed by atoms with E-state index in [0.29, 0.717) is 6.42 Å². The van der Waals surface area contributed by atoms with Crippen molar-refractivity contribution in [1.82, 2.24) is 0 Å². The molecule has 84 valence electrons. The zero-order valence-corrected chi connectivity index (χ0v) is 9.44. The molecular formula is C15H13NO. The molecule has 0 bridgehead atoms. The van der Waals surface area contributed by atoms with E-state index in [2.05, 4.69) is 30.3 Å². The van der Waals surface area contributed by atoms with Crippen LogP contribution in [0.15, 0.2) is 42.5 Å². The summed E-state index contributed by atoms with van der Waals surface area (Å²) in [6, 6.07) is 14.5. The summed E-state index contributed by atoms with van der Waals surface area (Å²) < 4.78 is 0. The molecule has 2 nitrogen and oxygen atoms in total. The Morgan fingerprint density at radius 3 is 2.65 bits per heavy atom. The van der Waals surface area contributed by atoms with Crippen LogP contribution in [0, 0.1) is 0 Å². The molecule has 2 aromatic carbocycles. The maximum absolute atomic E-state index is 11.1. The third-order valence-electron chi connectivity index (χ3n) is 3.31. The molecule has 2 N–H and O–H groups in total. The van der Waals surface area contributed by atoms with E-state index in [4.69, 9.17) is 5.73 Å². The van der Waals surface area contributed by atoms with E-state index < -0.39 is 0 Å². The highest BCUT2D eigenvalue weighted by Gasteiger charge is 2.20. The summed E-state index contributed by atoms with van der Waals surface area (Å²) in [6.07, 6.45) is 1.24. The Kier molecular flexibility index (Phi) is 2.22. The Balaban J connectivity index is 2.14. The van der Waals surface area contributed by atoms with Crippen molar-refractivity contribution in [3.63, 3.8) is 0 Å². The average molecular weight is 223 g/mol. The second-order valence-electron chi connectivity index (χ2n) is 4.42. The maximum atomic E-state index is 11.1. The molecule has 0 fully saturated rings. The van der Waals surface area contributed by atoms with E-state index in [-0.39, 0.29) is 5.91 Å². The molecular weight excluding hydrogens is 210 g/mol. The van der Waals surface area contributed by atoms with Crippen molar-refractivity contribution < 1.29 is 4.79 Å². The predicted molar refractivity (Wildman–Crippen MR) is 67.6 cm³/mol. The number of primary amides is 1.